The zero-order valence-corrected chi connectivity index (χ0v) is 11.4. The van der Waals surface area contributed by atoms with Gasteiger partial charge in [0.05, 0.1) is 23.6 Å². The van der Waals surface area contributed by atoms with E-state index in [-0.39, 0.29) is 12.3 Å². The molecule has 0 unspecified atom stereocenters. The SMILES string of the molecule is CCn1nc(C)c(N)c1C(=O)OCCC(C)(C)O. The summed E-state index contributed by atoms with van der Waals surface area (Å²) in [5.74, 6) is -0.501. The van der Waals surface area contributed by atoms with Gasteiger partial charge in [-0.1, -0.05) is 0 Å². The molecule has 0 saturated carbocycles. The minimum absolute atomic E-state index is 0.149. The summed E-state index contributed by atoms with van der Waals surface area (Å²) in [4.78, 5) is 11.9. The molecule has 18 heavy (non-hydrogen) atoms. The Morgan fingerprint density at radius 2 is 2.17 bits per heavy atom. The number of anilines is 1. The maximum atomic E-state index is 11.9. The number of hydrogen-bond acceptors (Lipinski definition) is 5. The Morgan fingerprint density at radius 3 is 2.67 bits per heavy atom. The molecule has 0 bridgehead atoms. The summed E-state index contributed by atoms with van der Waals surface area (Å²) < 4.78 is 6.63. The molecule has 3 N–H and O–H groups in total. The Morgan fingerprint density at radius 1 is 1.56 bits per heavy atom. The van der Waals surface area contributed by atoms with Crippen LogP contribution >= 0.6 is 0 Å². The van der Waals surface area contributed by atoms with Crippen molar-refractivity contribution in [2.24, 2.45) is 0 Å². The Hall–Kier alpha value is -1.56. The van der Waals surface area contributed by atoms with Crippen LogP contribution < -0.4 is 5.73 Å². The molecule has 0 fully saturated rings. The van der Waals surface area contributed by atoms with Crippen molar-refractivity contribution in [2.45, 2.75) is 46.3 Å². The smallest absolute Gasteiger partial charge is 0.358 e. The number of aryl methyl sites for hydroxylation is 2. The fraction of sp³-hybridized carbons (Fsp3) is 0.667. The minimum Gasteiger partial charge on any atom is -0.461 e. The van der Waals surface area contributed by atoms with Crippen molar-refractivity contribution in [3.8, 4) is 0 Å². The molecule has 1 aromatic rings. The van der Waals surface area contributed by atoms with E-state index in [2.05, 4.69) is 5.10 Å². The molecule has 0 aliphatic carbocycles. The molecule has 1 rings (SSSR count). The predicted molar refractivity (Wildman–Crippen MR) is 68.2 cm³/mol. The van der Waals surface area contributed by atoms with E-state index < -0.39 is 11.6 Å². The van der Waals surface area contributed by atoms with Gasteiger partial charge < -0.3 is 15.6 Å². The molecular weight excluding hydrogens is 234 g/mol. The van der Waals surface area contributed by atoms with E-state index in [9.17, 15) is 9.90 Å². The summed E-state index contributed by atoms with van der Waals surface area (Å²) in [6.07, 6.45) is 0.373. The lowest BCUT2D eigenvalue weighted by atomic mass is 10.1. The molecule has 0 spiro atoms. The van der Waals surface area contributed by atoms with Crippen molar-refractivity contribution < 1.29 is 14.6 Å². The second-order valence-corrected chi connectivity index (χ2v) is 4.86. The number of nitrogen functional groups attached to an aromatic ring is 1. The van der Waals surface area contributed by atoms with E-state index in [1.807, 2.05) is 6.92 Å². The number of hydrogen-bond donors (Lipinski definition) is 2. The summed E-state index contributed by atoms with van der Waals surface area (Å²) in [5, 5.41) is 13.7. The zero-order valence-electron chi connectivity index (χ0n) is 11.4. The third-order valence-electron chi connectivity index (χ3n) is 2.61. The second kappa shape index (κ2) is 5.39. The molecule has 0 aromatic carbocycles. The zero-order chi connectivity index (χ0) is 13.9. The van der Waals surface area contributed by atoms with Gasteiger partial charge in [0.25, 0.3) is 0 Å². The van der Waals surface area contributed by atoms with Crippen LogP contribution in [0.3, 0.4) is 0 Å². The number of esters is 1. The fourth-order valence-electron chi connectivity index (χ4n) is 1.50. The van der Waals surface area contributed by atoms with Crippen molar-refractivity contribution in [3.63, 3.8) is 0 Å². The molecule has 0 radical (unpaired) electrons. The van der Waals surface area contributed by atoms with Crippen LogP contribution in [-0.2, 0) is 11.3 Å². The first-order chi connectivity index (χ1) is 8.26. The standard InChI is InChI=1S/C12H21N3O3/c1-5-15-10(9(13)8(2)14-15)11(16)18-7-6-12(3,4)17/h17H,5-7,13H2,1-4H3. The van der Waals surface area contributed by atoms with Gasteiger partial charge in [-0.2, -0.15) is 5.10 Å². The lowest BCUT2D eigenvalue weighted by molar-refractivity contribution is 0.0236. The van der Waals surface area contributed by atoms with Crippen molar-refractivity contribution >= 4 is 11.7 Å². The van der Waals surface area contributed by atoms with Crippen LogP contribution in [0.15, 0.2) is 0 Å². The molecule has 1 aromatic heterocycles. The molecule has 0 atom stereocenters. The van der Waals surface area contributed by atoms with Gasteiger partial charge in [0.2, 0.25) is 0 Å². The third kappa shape index (κ3) is 3.46. The quantitative estimate of drug-likeness (QED) is 0.769. The van der Waals surface area contributed by atoms with Crippen molar-refractivity contribution in [3.05, 3.63) is 11.4 Å². The number of ether oxygens (including phenoxy) is 1. The van der Waals surface area contributed by atoms with Gasteiger partial charge in [0, 0.05) is 13.0 Å². The molecule has 102 valence electrons. The van der Waals surface area contributed by atoms with Crippen LogP contribution in [0.25, 0.3) is 0 Å². The molecule has 0 aliphatic rings. The Bertz CT molecular complexity index is 433. The summed E-state index contributed by atoms with van der Waals surface area (Å²) in [6.45, 7) is 7.64. The summed E-state index contributed by atoms with van der Waals surface area (Å²) in [7, 11) is 0. The predicted octanol–water partition coefficient (Wildman–Crippen LogP) is 1.11. The Labute approximate surface area is 107 Å². The van der Waals surface area contributed by atoms with E-state index in [1.165, 1.54) is 4.68 Å². The number of carbonyl (C=O) groups is 1. The molecule has 0 saturated heterocycles. The molecule has 0 amide bonds. The van der Waals surface area contributed by atoms with E-state index in [0.717, 1.165) is 0 Å². The largest absolute Gasteiger partial charge is 0.461 e. The minimum atomic E-state index is -0.854. The number of rotatable bonds is 5. The molecule has 0 aliphatic heterocycles. The van der Waals surface area contributed by atoms with Gasteiger partial charge in [0.1, 0.15) is 0 Å². The van der Waals surface area contributed by atoms with Crippen LogP contribution in [0.4, 0.5) is 5.69 Å². The van der Waals surface area contributed by atoms with Crippen LogP contribution in [0.5, 0.6) is 0 Å². The van der Waals surface area contributed by atoms with Crippen molar-refractivity contribution in [2.75, 3.05) is 12.3 Å². The first kappa shape index (κ1) is 14.5. The van der Waals surface area contributed by atoms with Gasteiger partial charge in [-0.15, -0.1) is 0 Å². The van der Waals surface area contributed by atoms with Gasteiger partial charge in [-0.3, -0.25) is 4.68 Å². The van der Waals surface area contributed by atoms with Crippen LogP contribution in [-0.4, -0.2) is 33.1 Å². The van der Waals surface area contributed by atoms with Crippen molar-refractivity contribution in [1.29, 1.82) is 0 Å². The maximum Gasteiger partial charge on any atom is 0.358 e. The monoisotopic (exact) mass is 255 g/mol. The van der Waals surface area contributed by atoms with Crippen molar-refractivity contribution in [1.82, 2.24) is 9.78 Å². The van der Waals surface area contributed by atoms with E-state index in [0.29, 0.717) is 24.3 Å². The fourth-order valence-corrected chi connectivity index (χ4v) is 1.50. The highest BCUT2D eigenvalue weighted by atomic mass is 16.5. The number of aliphatic hydroxyl groups is 1. The van der Waals surface area contributed by atoms with E-state index >= 15 is 0 Å². The van der Waals surface area contributed by atoms with Crippen LogP contribution in [0, 0.1) is 6.92 Å². The summed E-state index contributed by atoms with van der Waals surface area (Å²) >= 11 is 0. The topological polar surface area (TPSA) is 90.4 Å². The first-order valence-corrected chi connectivity index (χ1v) is 5.98. The summed E-state index contributed by atoms with van der Waals surface area (Å²) in [5.41, 5.74) is 6.20. The average molecular weight is 255 g/mol. The van der Waals surface area contributed by atoms with Gasteiger partial charge in [0.15, 0.2) is 5.69 Å². The highest BCUT2D eigenvalue weighted by Gasteiger charge is 2.21. The number of aromatic nitrogens is 2. The summed E-state index contributed by atoms with van der Waals surface area (Å²) in [6, 6.07) is 0. The molecule has 6 nitrogen and oxygen atoms in total. The second-order valence-electron chi connectivity index (χ2n) is 4.86. The Balaban J connectivity index is 2.73. The number of nitrogens with two attached hydrogens (primary N) is 1. The lowest BCUT2D eigenvalue weighted by Gasteiger charge is -2.16. The van der Waals surface area contributed by atoms with Crippen LogP contribution in [0.1, 0.15) is 43.4 Å². The molecule has 1 heterocycles. The van der Waals surface area contributed by atoms with Gasteiger partial charge in [-0.05, 0) is 27.7 Å². The highest BCUT2D eigenvalue weighted by molar-refractivity contribution is 5.93. The Kier molecular flexibility index (Phi) is 4.34. The van der Waals surface area contributed by atoms with Gasteiger partial charge in [-0.25, -0.2) is 4.79 Å². The number of carbonyl (C=O) groups excluding carboxylic acids is 1. The van der Waals surface area contributed by atoms with E-state index in [1.54, 1.807) is 20.8 Å². The third-order valence-corrected chi connectivity index (χ3v) is 2.61. The van der Waals surface area contributed by atoms with Crippen LogP contribution in [0.2, 0.25) is 0 Å². The number of nitrogens with zero attached hydrogens (tertiary/aromatic N) is 2. The maximum absolute atomic E-state index is 11.9. The average Bonchev–Trinajstić information content (AvgIpc) is 2.53. The molecular formula is C12H21N3O3. The lowest BCUT2D eigenvalue weighted by Crippen LogP contribution is -2.23. The molecule has 6 heteroatoms. The highest BCUT2D eigenvalue weighted by Crippen LogP contribution is 2.18. The first-order valence-electron chi connectivity index (χ1n) is 5.98. The van der Waals surface area contributed by atoms with Gasteiger partial charge >= 0.3 is 5.97 Å². The normalized spacial score (nSPS) is 11.6. The van der Waals surface area contributed by atoms with E-state index in [4.69, 9.17) is 10.5 Å².